The lowest BCUT2D eigenvalue weighted by Crippen LogP contribution is -2.39. The third kappa shape index (κ3) is 3.36. The zero-order chi connectivity index (χ0) is 16.9. The molecule has 0 saturated heterocycles. The normalized spacial score (nSPS) is 16.7. The van der Waals surface area contributed by atoms with Crippen LogP contribution >= 0.6 is 0 Å². The Balaban J connectivity index is 2.02. The van der Waals surface area contributed by atoms with Crippen molar-refractivity contribution in [3.05, 3.63) is 22.8 Å². The standard InChI is InChI=1S/C19H28N2O3/c1-3-5-16-15-7-9-20-8-6-14(15)13-17-18(16)23-12-10-21(17)19(22)24-11-4-2/h13,20H,3-12H2,1-2H3. The summed E-state index contributed by atoms with van der Waals surface area (Å²) in [6.45, 7) is 7.73. The van der Waals surface area contributed by atoms with Crippen molar-refractivity contribution in [1.29, 1.82) is 0 Å². The maximum Gasteiger partial charge on any atom is 0.414 e. The van der Waals surface area contributed by atoms with Gasteiger partial charge in [0.2, 0.25) is 0 Å². The largest absolute Gasteiger partial charge is 0.489 e. The molecule has 5 nitrogen and oxygen atoms in total. The van der Waals surface area contributed by atoms with Crippen molar-refractivity contribution in [2.45, 2.75) is 46.0 Å². The molecule has 0 bridgehead atoms. The van der Waals surface area contributed by atoms with Gasteiger partial charge in [-0.1, -0.05) is 20.3 Å². The Morgan fingerprint density at radius 2 is 2.12 bits per heavy atom. The van der Waals surface area contributed by atoms with Gasteiger partial charge in [0.05, 0.1) is 18.8 Å². The van der Waals surface area contributed by atoms with Gasteiger partial charge in [0.1, 0.15) is 12.4 Å². The summed E-state index contributed by atoms with van der Waals surface area (Å²) in [4.78, 5) is 14.2. The molecule has 0 aromatic heterocycles. The van der Waals surface area contributed by atoms with Gasteiger partial charge in [0.15, 0.2) is 0 Å². The average Bonchev–Trinajstić information content (AvgIpc) is 2.84. The lowest BCUT2D eigenvalue weighted by atomic mass is 9.92. The van der Waals surface area contributed by atoms with Gasteiger partial charge in [-0.3, -0.25) is 4.90 Å². The Morgan fingerprint density at radius 3 is 2.92 bits per heavy atom. The molecule has 1 aromatic rings. The molecule has 2 heterocycles. The van der Waals surface area contributed by atoms with Crippen molar-refractivity contribution in [3.8, 4) is 5.75 Å². The van der Waals surface area contributed by atoms with Gasteiger partial charge in [-0.25, -0.2) is 4.79 Å². The number of hydrogen-bond donors (Lipinski definition) is 1. The van der Waals surface area contributed by atoms with E-state index in [-0.39, 0.29) is 6.09 Å². The van der Waals surface area contributed by atoms with Gasteiger partial charge in [-0.15, -0.1) is 0 Å². The average molecular weight is 332 g/mol. The Kier molecular flexibility index (Phi) is 5.61. The Labute approximate surface area is 144 Å². The number of rotatable bonds is 4. The van der Waals surface area contributed by atoms with Gasteiger partial charge in [0.25, 0.3) is 0 Å². The van der Waals surface area contributed by atoms with Crippen molar-refractivity contribution in [3.63, 3.8) is 0 Å². The molecule has 0 radical (unpaired) electrons. The molecule has 132 valence electrons. The maximum absolute atomic E-state index is 12.5. The second-order valence-electron chi connectivity index (χ2n) is 6.46. The van der Waals surface area contributed by atoms with Crippen molar-refractivity contribution < 1.29 is 14.3 Å². The summed E-state index contributed by atoms with van der Waals surface area (Å²) in [5, 5.41) is 3.47. The number of nitrogens with zero attached hydrogens (tertiary/aromatic N) is 1. The quantitative estimate of drug-likeness (QED) is 0.921. The van der Waals surface area contributed by atoms with E-state index in [0.717, 1.165) is 56.6 Å². The van der Waals surface area contributed by atoms with Crippen LogP contribution in [-0.4, -0.2) is 38.9 Å². The molecule has 0 fully saturated rings. The molecule has 0 atom stereocenters. The van der Waals surface area contributed by atoms with E-state index in [1.807, 2.05) is 6.92 Å². The van der Waals surface area contributed by atoms with Crippen LogP contribution in [0.5, 0.6) is 5.75 Å². The zero-order valence-electron chi connectivity index (χ0n) is 14.8. The summed E-state index contributed by atoms with van der Waals surface area (Å²) < 4.78 is 11.4. The molecule has 2 aliphatic rings. The van der Waals surface area contributed by atoms with Crippen LogP contribution in [0.25, 0.3) is 0 Å². The van der Waals surface area contributed by atoms with E-state index in [1.54, 1.807) is 4.90 Å². The van der Waals surface area contributed by atoms with E-state index in [0.29, 0.717) is 19.8 Å². The first-order valence-electron chi connectivity index (χ1n) is 9.21. The minimum Gasteiger partial charge on any atom is -0.489 e. The molecule has 1 aromatic carbocycles. The fourth-order valence-corrected chi connectivity index (χ4v) is 3.59. The summed E-state index contributed by atoms with van der Waals surface area (Å²) in [5.41, 5.74) is 4.96. The highest BCUT2D eigenvalue weighted by atomic mass is 16.6. The number of ether oxygens (including phenoxy) is 2. The van der Waals surface area contributed by atoms with Crippen LogP contribution in [-0.2, 0) is 24.0 Å². The highest BCUT2D eigenvalue weighted by Gasteiger charge is 2.29. The predicted molar refractivity (Wildman–Crippen MR) is 95.2 cm³/mol. The van der Waals surface area contributed by atoms with Crippen LogP contribution in [0.15, 0.2) is 6.07 Å². The van der Waals surface area contributed by atoms with Crippen molar-refractivity contribution in [2.24, 2.45) is 0 Å². The second-order valence-corrected chi connectivity index (χ2v) is 6.46. The molecule has 0 aliphatic carbocycles. The first kappa shape index (κ1) is 17.1. The van der Waals surface area contributed by atoms with Gasteiger partial charge in [0, 0.05) is 0 Å². The first-order chi connectivity index (χ1) is 11.8. The molecule has 24 heavy (non-hydrogen) atoms. The zero-order valence-corrected chi connectivity index (χ0v) is 14.8. The lowest BCUT2D eigenvalue weighted by molar-refractivity contribution is 0.150. The fourth-order valence-electron chi connectivity index (χ4n) is 3.59. The topological polar surface area (TPSA) is 50.8 Å². The minimum absolute atomic E-state index is 0.254. The third-order valence-electron chi connectivity index (χ3n) is 4.69. The number of benzene rings is 1. The minimum atomic E-state index is -0.254. The lowest BCUT2D eigenvalue weighted by Gasteiger charge is -2.32. The van der Waals surface area contributed by atoms with Gasteiger partial charge < -0.3 is 14.8 Å². The highest BCUT2D eigenvalue weighted by molar-refractivity contribution is 5.91. The summed E-state index contributed by atoms with van der Waals surface area (Å²) in [6.07, 6.45) is 4.66. The van der Waals surface area contributed by atoms with Crippen LogP contribution in [0.1, 0.15) is 43.4 Å². The van der Waals surface area contributed by atoms with E-state index in [1.165, 1.54) is 16.7 Å². The van der Waals surface area contributed by atoms with E-state index >= 15 is 0 Å². The van der Waals surface area contributed by atoms with Gasteiger partial charge >= 0.3 is 6.09 Å². The highest BCUT2D eigenvalue weighted by Crippen LogP contribution is 2.40. The Bertz CT molecular complexity index is 601. The summed E-state index contributed by atoms with van der Waals surface area (Å²) in [7, 11) is 0. The molecule has 0 saturated carbocycles. The second kappa shape index (κ2) is 7.88. The molecule has 3 rings (SSSR count). The molecule has 2 aliphatic heterocycles. The molecule has 0 unspecified atom stereocenters. The molecule has 0 spiro atoms. The van der Waals surface area contributed by atoms with Crippen molar-refractivity contribution in [1.82, 2.24) is 5.32 Å². The number of carbonyl (C=O) groups excluding carboxylic acids is 1. The summed E-state index contributed by atoms with van der Waals surface area (Å²) in [6, 6.07) is 2.16. The Hall–Kier alpha value is -1.75. The number of anilines is 1. The number of hydrogen-bond acceptors (Lipinski definition) is 4. The maximum atomic E-state index is 12.5. The van der Waals surface area contributed by atoms with Crippen LogP contribution in [0.4, 0.5) is 10.5 Å². The smallest absolute Gasteiger partial charge is 0.414 e. The van der Waals surface area contributed by atoms with Crippen LogP contribution in [0.2, 0.25) is 0 Å². The van der Waals surface area contributed by atoms with E-state index < -0.39 is 0 Å². The van der Waals surface area contributed by atoms with Crippen molar-refractivity contribution >= 4 is 11.8 Å². The summed E-state index contributed by atoms with van der Waals surface area (Å²) in [5.74, 6) is 0.900. The molecular weight excluding hydrogens is 304 g/mol. The Morgan fingerprint density at radius 1 is 1.29 bits per heavy atom. The molecular formula is C19H28N2O3. The van der Waals surface area contributed by atoms with Crippen LogP contribution in [0.3, 0.4) is 0 Å². The summed E-state index contributed by atoms with van der Waals surface area (Å²) >= 11 is 0. The van der Waals surface area contributed by atoms with Gasteiger partial charge in [-0.2, -0.15) is 0 Å². The first-order valence-corrected chi connectivity index (χ1v) is 9.21. The number of amides is 1. The monoisotopic (exact) mass is 332 g/mol. The van der Waals surface area contributed by atoms with E-state index in [4.69, 9.17) is 9.47 Å². The predicted octanol–water partition coefficient (Wildman–Crippen LogP) is 3.07. The third-order valence-corrected chi connectivity index (χ3v) is 4.69. The fraction of sp³-hybridized carbons (Fsp3) is 0.632. The number of fused-ring (bicyclic) bond motifs is 2. The van der Waals surface area contributed by atoms with Crippen molar-refractivity contribution in [2.75, 3.05) is 37.7 Å². The number of nitrogens with one attached hydrogen (secondary N) is 1. The molecule has 5 heteroatoms. The molecule has 1 N–H and O–H groups in total. The van der Waals surface area contributed by atoms with E-state index in [2.05, 4.69) is 18.3 Å². The van der Waals surface area contributed by atoms with E-state index in [9.17, 15) is 4.79 Å². The SMILES string of the molecule is CCCOC(=O)N1CCOc2c1cc1c(c2CCC)CCNCC1. The van der Waals surface area contributed by atoms with Crippen LogP contribution < -0.4 is 15.0 Å². The molecule has 1 amide bonds. The van der Waals surface area contributed by atoms with Gasteiger partial charge in [-0.05, 0) is 61.5 Å². The van der Waals surface area contributed by atoms with Crippen LogP contribution in [0, 0.1) is 0 Å². The number of carbonyl (C=O) groups is 1.